The Morgan fingerprint density at radius 2 is 2.13 bits per heavy atom. The third-order valence-electron chi connectivity index (χ3n) is 2.45. The van der Waals surface area contributed by atoms with E-state index in [0.717, 1.165) is 12.1 Å². The zero-order valence-corrected chi connectivity index (χ0v) is 8.95. The lowest BCUT2D eigenvalue weighted by atomic mass is 10.0. The highest BCUT2D eigenvalue weighted by atomic mass is 16.4. The van der Waals surface area contributed by atoms with E-state index >= 15 is 0 Å². The van der Waals surface area contributed by atoms with Gasteiger partial charge in [0.1, 0.15) is 6.26 Å². The summed E-state index contributed by atoms with van der Waals surface area (Å²) in [7, 11) is 0. The van der Waals surface area contributed by atoms with Crippen LogP contribution in [0.3, 0.4) is 0 Å². The van der Waals surface area contributed by atoms with Crippen LogP contribution in [0, 0.1) is 13.8 Å². The number of hydrogen-bond donors (Lipinski definition) is 1. The molecular weight excluding hydrogens is 188 g/mol. The molecule has 0 aliphatic heterocycles. The van der Waals surface area contributed by atoms with Gasteiger partial charge in [0.15, 0.2) is 0 Å². The molecule has 0 radical (unpaired) electrons. The molecule has 2 rings (SSSR count). The van der Waals surface area contributed by atoms with Gasteiger partial charge in [-0.05, 0) is 25.0 Å². The van der Waals surface area contributed by atoms with Gasteiger partial charge in [-0.25, -0.2) is 0 Å². The summed E-state index contributed by atoms with van der Waals surface area (Å²) in [6.45, 7) is 4.18. The average molecular weight is 202 g/mol. The average Bonchev–Trinajstić information content (AvgIpc) is 2.58. The Morgan fingerprint density at radius 1 is 1.33 bits per heavy atom. The molecule has 1 aromatic carbocycles. The Morgan fingerprint density at radius 3 is 2.80 bits per heavy atom. The molecule has 3 heteroatoms. The topological polar surface area (TPSA) is 52.0 Å². The monoisotopic (exact) mass is 202 g/mol. The molecule has 0 saturated carbocycles. The van der Waals surface area contributed by atoms with E-state index in [1.54, 1.807) is 6.26 Å². The first-order valence-corrected chi connectivity index (χ1v) is 4.91. The van der Waals surface area contributed by atoms with Gasteiger partial charge in [0.05, 0.1) is 5.69 Å². The highest BCUT2D eigenvalue weighted by molar-refractivity contribution is 5.33. The van der Waals surface area contributed by atoms with Crippen LogP contribution in [0.4, 0.5) is 6.01 Å². The minimum atomic E-state index is 0.232. The largest absolute Gasteiger partial charge is 0.432 e. The molecule has 1 aromatic heterocycles. The molecule has 2 aromatic rings. The van der Waals surface area contributed by atoms with Crippen LogP contribution in [0.1, 0.15) is 22.4 Å². The van der Waals surface area contributed by atoms with Gasteiger partial charge in [-0.15, -0.1) is 0 Å². The second-order valence-electron chi connectivity index (χ2n) is 3.78. The summed E-state index contributed by atoms with van der Waals surface area (Å²) in [4.78, 5) is 4.09. The van der Waals surface area contributed by atoms with E-state index in [-0.39, 0.29) is 6.01 Å². The molecule has 0 spiro atoms. The molecule has 0 fully saturated rings. The predicted octanol–water partition coefficient (Wildman–Crippen LogP) is 2.46. The van der Waals surface area contributed by atoms with Crippen LogP contribution in [0.15, 0.2) is 28.9 Å². The molecule has 1 heterocycles. The van der Waals surface area contributed by atoms with Gasteiger partial charge < -0.3 is 10.2 Å². The molecule has 0 unspecified atom stereocenters. The van der Waals surface area contributed by atoms with Gasteiger partial charge in [0.25, 0.3) is 6.01 Å². The van der Waals surface area contributed by atoms with Crippen LogP contribution in [-0.4, -0.2) is 4.98 Å². The van der Waals surface area contributed by atoms with E-state index in [1.165, 1.54) is 16.7 Å². The molecule has 0 aliphatic carbocycles. The van der Waals surface area contributed by atoms with Crippen LogP contribution < -0.4 is 5.73 Å². The molecule has 2 N–H and O–H groups in total. The van der Waals surface area contributed by atoms with E-state index in [9.17, 15) is 0 Å². The van der Waals surface area contributed by atoms with Gasteiger partial charge in [0, 0.05) is 6.42 Å². The first-order valence-electron chi connectivity index (χ1n) is 4.91. The van der Waals surface area contributed by atoms with Gasteiger partial charge in [-0.1, -0.05) is 23.8 Å². The van der Waals surface area contributed by atoms with E-state index in [1.807, 2.05) is 0 Å². The summed E-state index contributed by atoms with van der Waals surface area (Å²) in [6.07, 6.45) is 2.38. The molecule has 0 amide bonds. The fourth-order valence-electron chi connectivity index (χ4n) is 1.59. The number of nitrogen functional groups attached to an aromatic ring is 1. The van der Waals surface area contributed by atoms with E-state index in [4.69, 9.17) is 10.2 Å². The molecule has 0 atom stereocenters. The van der Waals surface area contributed by atoms with Crippen LogP contribution in [-0.2, 0) is 6.42 Å². The maximum atomic E-state index is 5.42. The lowest BCUT2D eigenvalue weighted by Crippen LogP contribution is -1.93. The number of benzene rings is 1. The molecule has 0 saturated heterocycles. The quantitative estimate of drug-likeness (QED) is 0.813. The van der Waals surface area contributed by atoms with Crippen molar-refractivity contribution in [2.75, 3.05) is 5.73 Å². The Balaban J connectivity index is 2.27. The van der Waals surface area contributed by atoms with Crippen molar-refractivity contribution >= 4 is 6.01 Å². The lowest BCUT2D eigenvalue weighted by molar-refractivity contribution is 0.579. The minimum absolute atomic E-state index is 0.232. The lowest BCUT2D eigenvalue weighted by Gasteiger charge is -2.04. The number of anilines is 1. The number of oxazole rings is 1. The summed E-state index contributed by atoms with van der Waals surface area (Å²) in [6, 6.07) is 6.62. The van der Waals surface area contributed by atoms with Gasteiger partial charge in [-0.2, -0.15) is 4.98 Å². The summed E-state index contributed by atoms with van der Waals surface area (Å²) < 4.78 is 4.97. The number of rotatable bonds is 2. The molecule has 0 aliphatic rings. The Kier molecular flexibility index (Phi) is 2.46. The standard InChI is InChI=1S/C12H14N2O/c1-8-3-4-9(2)10(5-8)6-11-7-15-12(13)14-11/h3-5,7H,6H2,1-2H3,(H2,13,14). The first kappa shape index (κ1) is 9.77. The highest BCUT2D eigenvalue weighted by Crippen LogP contribution is 2.15. The van der Waals surface area contributed by atoms with Crippen molar-refractivity contribution < 1.29 is 4.42 Å². The van der Waals surface area contributed by atoms with Crippen molar-refractivity contribution in [3.8, 4) is 0 Å². The van der Waals surface area contributed by atoms with Crippen molar-refractivity contribution in [2.24, 2.45) is 0 Å². The molecule has 3 nitrogen and oxygen atoms in total. The van der Waals surface area contributed by atoms with Crippen LogP contribution in [0.2, 0.25) is 0 Å². The SMILES string of the molecule is Cc1ccc(C)c(Cc2coc(N)n2)c1. The zero-order chi connectivity index (χ0) is 10.8. The van der Waals surface area contributed by atoms with Crippen molar-refractivity contribution in [3.05, 3.63) is 46.8 Å². The molecule has 78 valence electrons. The Labute approximate surface area is 88.9 Å². The number of hydrogen-bond acceptors (Lipinski definition) is 3. The predicted molar refractivity (Wildman–Crippen MR) is 59.6 cm³/mol. The fraction of sp³-hybridized carbons (Fsp3) is 0.250. The normalized spacial score (nSPS) is 10.5. The van der Waals surface area contributed by atoms with Gasteiger partial charge in [0.2, 0.25) is 0 Å². The first-order chi connectivity index (χ1) is 7.15. The summed E-state index contributed by atoms with van der Waals surface area (Å²) in [5, 5.41) is 0. The maximum absolute atomic E-state index is 5.42. The van der Waals surface area contributed by atoms with Gasteiger partial charge in [-0.3, -0.25) is 0 Å². The van der Waals surface area contributed by atoms with Gasteiger partial charge >= 0.3 is 0 Å². The number of aryl methyl sites for hydroxylation is 2. The maximum Gasteiger partial charge on any atom is 0.292 e. The second kappa shape index (κ2) is 3.77. The minimum Gasteiger partial charge on any atom is -0.432 e. The highest BCUT2D eigenvalue weighted by Gasteiger charge is 2.04. The van der Waals surface area contributed by atoms with Crippen molar-refractivity contribution in [2.45, 2.75) is 20.3 Å². The van der Waals surface area contributed by atoms with Crippen molar-refractivity contribution in [1.82, 2.24) is 4.98 Å². The van der Waals surface area contributed by atoms with Crippen LogP contribution >= 0.6 is 0 Å². The van der Waals surface area contributed by atoms with Crippen molar-refractivity contribution in [3.63, 3.8) is 0 Å². The Hall–Kier alpha value is -1.77. The second-order valence-corrected chi connectivity index (χ2v) is 3.78. The van der Waals surface area contributed by atoms with Crippen LogP contribution in [0.5, 0.6) is 0 Å². The number of nitrogens with zero attached hydrogens (tertiary/aromatic N) is 1. The molecular formula is C12H14N2O. The van der Waals surface area contributed by atoms with Crippen LogP contribution in [0.25, 0.3) is 0 Å². The van der Waals surface area contributed by atoms with E-state index in [0.29, 0.717) is 0 Å². The van der Waals surface area contributed by atoms with E-state index in [2.05, 4.69) is 37.0 Å². The fourth-order valence-corrected chi connectivity index (χ4v) is 1.59. The zero-order valence-electron chi connectivity index (χ0n) is 8.95. The smallest absolute Gasteiger partial charge is 0.292 e. The summed E-state index contributed by atoms with van der Waals surface area (Å²) in [5.41, 5.74) is 10.1. The summed E-state index contributed by atoms with van der Waals surface area (Å²) in [5.74, 6) is 0. The Bertz CT molecular complexity index is 474. The number of nitrogens with two attached hydrogens (primary N) is 1. The third kappa shape index (κ3) is 2.18. The third-order valence-corrected chi connectivity index (χ3v) is 2.45. The summed E-state index contributed by atoms with van der Waals surface area (Å²) >= 11 is 0. The molecule has 15 heavy (non-hydrogen) atoms. The van der Waals surface area contributed by atoms with E-state index < -0.39 is 0 Å². The van der Waals surface area contributed by atoms with Crippen molar-refractivity contribution in [1.29, 1.82) is 0 Å². The number of aromatic nitrogens is 1. The molecule has 0 bridgehead atoms.